The molecule has 1 unspecified atom stereocenters. The molecule has 0 rings (SSSR count). The van der Waals surface area contributed by atoms with Gasteiger partial charge < -0.3 is 0 Å². The van der Waals surface area contributed by atoms with Crippen molar-refractivity contribution >= 4 is 0 Å². The number of nitrogens with one attached hydrogen (secondary N) is 1. The van der Waals surface area contributed by atoms with Crippen molar-refractivity contribution in [3.8, 4) is 0 Å². The second-order valence-corrected chi connectivity index (χ2v) is 3.03. The van der Waals surface area contributed by atoms with Crippen molar-refractivity contribution in [3.63, 3.8) is 0 Å². The third-order valence-electron chi connectivity index (χ3n) is 1.45. The molecule has 10 heavy (non-hydrogen) atoms. The Bertz CT molecular complexity index is 73.7. The maximum Gasteiger partial charge on any atom is 0.0734 e. The van der Waals surface area contributed by atoms with E-state index in [2.05, 4.69) is 19.3 Å². The second kappa shape index (κ2) is 5.69. The predicted molar refractivity (Wildman–Crippen MR) is 43.7 cm³/mol. The first-order valence-corrected chi connectivity index (χ1v) is 4.05. The van der Waals surface area contributed by atoms with Crippen LogP contribution in [0.25, 0.3) is 0 Å². The maximum absolute atomic E-state index is 5.16. The van der Waals surface area contributed by atoms with Gasteiger partial charge in [-0.2, -0.15) is 0 Å². The summed E-state index contributed by atoms with van der Waals surface area (Å²) in [6, 6.07) is 0. The van der Waals surface area contributed by atoms with Gasteiger partial charge in [-0.05, 0) is 19.8 Å². The van der Waals surface area contributed by atoms with Gasteiger partial charge in [-0.3, -0.25) is 4.84 Å². The predicted octanol–water partition coefficient (Wildman–Crippen LogP) is 1.96. The Morgan fingerprint density at radius 2 is 1.90 bits per heavy atom. The van der Waals surface area contributed by atoms with E-state index in [1.165, 1.54) is 6.42 Å². The maximum atomic E-state index is 5.16. The molecule has 0 aliphatic heterocycles. The smallest absolute Gasteiger partial charge is 0.0734 e. The number of rotatable bonds is 5. The zero-order valence-corrected chi connectivity index (χ0v) is 7.48. The summed E-state index contributed by atoms with van der Waals surface area (Å²) in [7, 11) is 0. The van der Waals surface area contributed by atoms with Crippen LogP contribution in [-0.4, -0.2) is 12.6 Å². The lowest BCUT2D eigenvalue weighted by molar-refractivity contribution is -0.0108. The van der Waals surface area contributed by atoms with E-state index in [0.717, 1.165) is 6.54 Å². The van der Waals surface area contributed by atoms with Crippen molar-refractivity contribution in [3.05, 3.63) is 0 Å². The molecular weight excluding hydrogens is 126 g/mol. The Morgan fingerprint density at radius 3 is 2.30 bits per heavy atom. The lowest BCUT2D eigenvalue weighted by Gasteiger charge is -2.11. The van der Waals surface area contributed by atoms with Gasteiger partial charge in [0.2, 0.25) is 0 Å². The first-order valence-electron chi connectivity index (χ1n) is 4.05. The molecule has 62 valence electrons. The van der Waals surface area contributed by atoms with Gasteiger partial charge in [0, 0.05) is 6.54 Å². The molecule has 0 aliphatic rings. The monoisotopic (exact) mass is 145 g/mol. The minimum absolute atomic E-state index is 0.282. The molecule has 1 atom stereocenters. The van der Waals surface area contributed by atoms with E-state index in [9.17, 15) is 0 Å². The van der Waals surface area contributed by atoms with E-state index in [0.29, 0.717) is 5.92 Å². The van der Waals surface area contributed by atoms with Gasteiger partial charge in [0.1, 0.15) is 0 Å². The zero-order chi connectivity index (χ0) is 7.98. The van der Waals surface area contributed by atoms with E-state index in [4.69, 9.17) is 4.84 Å². The van der Waals surface area contributed by atoms with Gasteiger partial charge in [0.25, 0.3) is 0 Å². The zero-order valence-electron chi connectivity index (χ0n) is 7.48. The van der Waals surface area contributed by atoms with E-state index in [1.807, 2.05) is 13.8 Å². The summed E-state index contributed by atoms with van der Waals surface area (Å²) < 4.78 is 0. The van der Waals surface area contributed by atoms with Crippen LogP contribution in [-0.2, 0) is 4.84 Å². The summed E-state index contributed by atoms with van der Waals surface area (Å²) in [4.78, 5) is 5.16. The van der Waals surface area contributed by atoms with Gasteiger partial charge in [-0.15, -0.1) is 0 Å². The molecule has 2 heteroatoms. The molecule has 1 N–H and O–H groups in total. The van der Waals surface area contributed by atoms with Gasteiger partial charge in [-0.25, -0.2) is 5.48 Å². The molecule has 0 bridgehead atoms. The molecule has 0 aromatic rings. The van der Waals surface area contributed by atoms with Gasteiger partial charge in [0.15, 0.2) is 0 Å². The highest BCUT2D eigenvalue weighted by molar-refractivity contribution is 4.48. The minimum atomic E-state index is 0.282. The molecule has 0 radical (unpaired) electrons. The van der Waals surface area contributed by atoms with Crippen LogP contribution in [0.15, 0.2) is 0 Å². The Hall–Kier alpha value is -0.0800. The molecule has 0 aliphatic carbocycles. The van der Waals surface area contributed by atoms with Gasteiger partial charge in [0.05, 0.1) is 6.10 Å². The molecule has 0 aromatic heterocycles. The average molecular weight is 145 g/mol. The Labute approximate surface area is 63.9 Å². The lowest BCUT2D eigenvalue weighted by atomic mass is 10.1. The van der Waals surface area contributed by atoms with Crippen LogP contribution < -0.4 is 5.48 Å². The summed E-state index contributed by atoms with van der Waals surface area (Å²) in [5.74, 6) is 0.707. The highest BCUT2D eigenvalue weighted by atomic mass is 16.7. The quantitative estimate of drug-likeness (QED) is 0.597. The Balaban J connectivity index is 3.03. The third kappa shape index (κ3) is 6.05. The molecule has 0 aromatic carbocycles. The topological polar surface area (TPSA) is 21.3 Å². The van der Waals surface area contributed by atoms with Crippen molar-refractivity contribution in [2.45, 2.75) is 40.2 Å². The van der Waals surface area contributed by atoms with Gasteiger partial charge in [-0.1, -0.05) is 20.3 Å². The summed E-state index contributed by atoms with van der Waals surface area (Å²) in [6.07, 6.45) is 1.48. The minimum Gasteiger partial charge on any atom is -0.299 e. The van der Waals surface area contributed by atoms with Crippen molar-refractivity contribution in [2.75, 3.05) is 6.54 Å². The Morgan fingerprint density at radius 1 is 1.30 bits per heavy atom. The third-order valence-corrected chi connectivity index (χ3v) is 1.45. The largest absolute Gasteiger partial charge is 0.299 e. The Kier molecular flexibility index (Phi) is 5.64. The number of hydrogen-bond acceptors (Lipinski definition) is 2. The number of hydroxylamine groups is 1. The fraction of sp³-hybridized carbons (Fsp3) is 1.00. The standard InChI is InChI=1S/C8H19NO/c1-5-8(4)6-9-10-7(2)3/h7-9H,5-6H2,1-4H3. The van der Waals surface area contributed by atoms with E-state index < -0.39 is 0 Å². The van der Waals surface area contributed by atoms with Crippen LogP contribution >= 0.6 is 0 Å². The van der Waals surface area contributed by atoms with Crippen molar-refractivity contribution < 1.29 is 4.84 Å². The normalized spacial score (nSPS) is 14.1. The highest BCUT2D eigenvalue weighted by Crippen LogP contribution is 1.97. The van der Waals surface area contributed by atoms with Crippen LogP contribution in [0.5, 0.6) is 0 Å². The van der Waals surface area contributed by atoms with Crippen LogP contribution in [0.3, 0.4) is 0 Å². The number of hydrogen-bond donors (Lipinski definition) is 1. The van der Waals surface area contributed by atoms with Crippen molar-refractivity contribution in [1.29, 1.82) is 0 Å². The molecule has 0 heterocycles. The van der Waals surface area contributed by atoms with Crippen LogP contribution in [0, 0.1) is 5.92 Å². The van der Waals surface area contributed by atoms with Crippen LogP contribution in [0.4, 0.5) is 0 Å². The van der Waals surface area contributed by atoms with E-state index >= 15 is 0 Å². The molecular formula is C8H19NO. The first kappa shape index (κ1) is 9.92. The molecule has 0 saturated carbocycles. The summed E-state index contributed by atoms with van der Waals surface area (Å²) in [5, 5.41) is 0. The molecule has 0 spiro atoms. The fourth-order valence-electron chi connectivity index (χ4n) is 0.501. The first-order chi connectivity index (χ1) is 4.66. The second-order valence-electron chi connectivity index (χ2n) is 3.03. The molecule has 0 amide bonds. The summed E-state index contributed by atoms with van der Waals surface area (Å²) in [5.41, 5.74) is 2.94. The fourth-order valence-corrected chi connectivity index (χ4v) is 0.501. The van der Waals surface area contributed by atoms with E-state index in [-0.39, 0.29) is 6.10 Å². The molecule has 0 fully saturated rings. The van der Waals surface area contributed by atoms with E-state index in [1.54, 1.807) is 0 Å². The highest BCUT2D eigenvalue weighted by Gasteiger charge is 1.97. The SMILES string of the molecule is CCC(C)CNOC(C)C. The van der Waals surface area contributed by atoms with Crippen molar-refractivity contribution in [1.82, 2.24) is 5.48 Å². The van der Waals surface area contributed by atoms with Crippen LogP contribution in [0.1, 0.15) is 34.1 Å². The average Bonchev–Trinajstić information content (AvgIpc) is 1.87. The van der Waals surface area contributed by atoms with Crippen LogP contribution in [0.2, 0.25) is 0 Å². The summed E-state index contributed by atoms with van der Waals surface area (Å²) >= 11 is 0. The van der Waals surface area contributed by atoms with Gasteiger partial charge >= 0.3 is 0 Å². The lowest BCUT2D eigenvalue weighted by Crippen LogP contribution is -2.24. The van der Waals surface area contributed by atoms with Crippen molar-refractivity contribution in [2.24, 2.45) is 5.92 Å². The summed E-state index contributed by atoms with van der Waals surface area (Å²) in [6.45, 7) is 9.38. The molecule has 0 saturated heterocycles. The molecule has 2 nitrogen and oxygen atoms in total.